The van der Waals surface area contributed by atoms with Crippen LogP contribution in [0.3, 0.4) is 0 Å². The van der Waals surface area contributed by atoms with Crippen LogP contribution in [0.25, 0.3) is 0 Å². The van der Waals surface area contributed by atoms with Gasteiger partial charge in [0.05, 0.1) is 0 Å². The van der Waals surface area contributed by atoms with Gasteiger partial charge in [-0.3, -0.25) is 0 Å². The highest BCUT2D eigenvalue weighted by molar-refractivity contribution is 5.68. The van der Waals surface area contributed by atoms with Crippen LogP contribution < -0.4 is 5.73 Å². The molecule has 0 aromatic carbocycles. The van der Waals surface area contributed by atoms with Crippen molar-refractivity contribution in [2.45, 2.75) is 70.9 Å². The predicted molar refractivity (Wildman–Crippen MR) is 73.5 cm³/mol. The van der Waals surface area contributed by atoms with Crippen molar-refractivity contribution in [2.24, 2.45) is 5.73 Å². The third-order valence-corrected chi connectivity index (χ3v) is 3.26. The Labute approximate surface area is 111 Å². The summed E-state index contributed by atoms with van der Waals surface area (Å²) in [5.41, 5.74) is 5.74. The van der Waals surface area contributed by atoms with E-state index >= 15 is 0 Å². The van der Waals surface area contributed by atoms with Crippen LogP contribution in [0.5, 0.6) is 0 Å². The first-order valence-electron chi connectivity index (χ1n) is 7.02. The molecule has 18 heavy (non-hydrogen) atoms. The molecule has 1 saturated heterocycles. The van der Waals surface area contributed by atoms with Crippen LogP contribution in [0.15, 0.2) is 0 Å². The van der Waals surface area contributed by atoms with E-state index in [-0.39, 0.29) is 11.6 Å². The fourth-order valence-electron chi connectivity index (χ4n) is 2.50. The molecular formula is C14H28N2O2. The standard InChI is InChI=1S/C14H28N2O2/c1-5-8-14(15)9-6-7-10-16(11-14)12(17)18-13(2,3)4/h5-11,15H2,1-4H3. The van der Waals surface area contributed by atoms with E-state index in [1.54, 1.807) is 4.90 Å². The topological polar surface area (TPSA) is 55.6 Å². The summed E-state index contributed by atoms with van der Waals surface area (Å²) in [6.07, 6.45) is 4.90. The van der Waals surface area contributed by atoms with E-state index < -0.39 is 5.60 Å². The molecule has 1 aliphatic heterocycles. The average Bonchev–Trinajstić information content (AvgIpc) is 2.38. The number of amides is 1. The highest BCUT2D eigenvalue weighted by Gasteiger charge is 2.33. The monoisotopic (exact) mass is 256 g/mol. The quantitative estimate of drug-likeness (QED) is 0.826. The maximum Gasteiger partial charge on any atom is 0.410 e. The van der Waals surface area contributed by atoms with Crippen LogP contribution in [0.2, 0.25) is 0 Å². The van der Waals surface area contributed by atoms with Crippen LogP contribution in [0.1, 0.15) is 59.8 Å². The van der Waals surface area contributed by atoms with Gasteiger partial charge in [0.25, 0.3) is 0 Å². The van der Waals surface area contributed by atoms with Gasteiger partial charge in [-0.05, 0) is 46.5 Å². The summed E-state index contributed by atoms with van der Waals surface area (Å²) in [5, 5.41) is 0. The van der Waals surface area contributed by atoms with E-state index in [0.29, 0.717) is 6.54 Å². The smallest absolute Gasteiger partial charge is 0.410 e. The van der Waals surface area contributed by atoms with Crippen molar-refractivity contribution in [1.29, 1.82) is 0 Å². The van der Waals surface area contributed by atoms with Gasteiger partial charge in [-0.25, -0.2) is 4.79 Å². The van der Waals surface area contributed by atoms with E-state index in [0.717, 1.165) is 38.6 Å². The first-order chi connectivity index (χ1) is 8.26. The van der Waals surface area contributed by atoms with Gasteiger partial charge in [0.2, 0.25) is 0 Å². The molecule has 1 amide bonds. The number of rotatable bonds is 2. The highest BCUT2D eigenvalue weighted by atomic mass is 16.6. The summed E-state index contributed by atoms with van der Waals surface area (Å²) >= 11 is 0. The predicted octanol–water partition coefficient (Wildman–Crippen LogP) is 2.91. The molecule has 0 bridgehead atoms. The zero-order valence-electron chi connectivity index (χ0n) is 12.3. The molecule has 1 rings (SSSR count). The van der Waals surface area contributed by atoms with E-state index in [1.165, 1.54) is 0 Å². The minimum atomic E-state index is -0.439. The lowest BCUT2D eigenvalue weighted by Crippen LogP contribution is -2.51. The zero-order chi connectivity index (χ0) is 13.8. The van der Waals surface area contributed by atoms with Crippen LogP contribution >= 0.6 is 0 Å². The van der Waals surface area contributed by atoms with Gasteiger partial charge in [0.1, 0.15) is 5.60 Å². The summed E-state index contributed by atoms with van der Waals surface area (Å²) < 4.78 is 5.44. The average molecular weight is 256 g/mol. The first kappa shape index (κ1) is 15.3. The molecule has 0 aromatic heterocycles. The summed E-state index contributed by atoms with van der Waals surface area (Å²) in [6.45, 7) is 9.20. The first-order valence-corrected chi connectivity index (χ1v) is 7.02. The largest absolute Gasteiger partial charge is 0.444 e. The van der Waals surface area contributed by atoms with Crippen molar-refractivity contribution in [1.82, 2.24) is 4.90 Å². The van der Waals surface area contributed by atoms with E-state index in [1.807, 2.05) is 20.8 Å². The van der Waals surface area contributed by atoms with Crippen LogP contribution in [-0.2, 0) is 4.74 Å². The molecule has 1 unspecified atom stereocenters. The van der Waals surface area contributed by atoms with Gasteiger partial charge in [0, 0.05) is 18.6 Å². The Morgan fingerprint density at radius 2 is 2.06 bits per heavy atom. The molecule has 106 valence electrons. The van der Waals surface area contributed by atoms with Gasteiger partial charge in [0.15, 0.2) is 0 Å². The lowest BCUT2D eigenvalue weighted by atomic mass is 9.90. The Morgan fingerprint density at radius 1 is 1.39 bits per heavy atom. The fraction of sp³-hybridized carbons (Fsp3) is 0.929. The Morgan fingerprint density at radius 3 is 2.61 bits per heavy atom. The van der Waals surface area contributed by atoms with Crippen molar-refractivity contribution in [2.75, 3.05) is 13.1 Å². The second-order valence-corrected chi connectivity index (χ2v) is 6.47. The number of hydrogen-bond acceptors (Lipinski definition) is 3. The number of carbonyl (C=O) groups is 1. The lowest BCUT2D eigenvalue weighted by Gasteiger charge is -2.33. The summed E-state index contributed by atoms with van der Waals surface area (Å²) in [7, 11) is 0. The SMILES string of the molecule is CCCC1(N)CCCCN(C(=O)OC(C)(C)C)C1. The van der Waals surface area contributed by atoms with Crippen LogP contribution in [0, 0.1) is 0 Å². The number of likely N-dealkylation sites (tertiary alicyclic amines) is 1. The third-order valence-electron chi connectivity index (χ3n) is 3.26. The normalized spacial score (nSPS) is 25.7. The molecule has 1 fully saturated rings. The molecule has 0 radical (unpaired) electrons. The molecule has 0 saturated carbocycles. The van der Waals surface area contributed by atoms with Crippen molar-refractivity contribution in [3.8, 4) is 0 Å². The molecular weight excluding hydrogens is 228 g/mol. The number of carbonyl (C=O) groups excluding carboxylic acids is 1. The van der Waals surface area contributed by atoms with E-state index in [9.17, 15) is 4.79 Å². The van der Waals surface area contributed by atoms with Crippen LogP contribution in [0.4, 0.5) is 4.79 Å². The van der Waals surface area contributed by atoms with Gasteiger partial charge in [-0.2, -0.15) is 0 Å². The highest BCUT2D eigenvalue weighted by Crippen LogP contribution is 2.24. The molecule has 4 nitrogen and oxygen atoms in total. The number of nitrogens with zero attached hydrogens (tertiary/aromatic N) is 1. The van der Waals surface area contributed by atoms with Gasteiger partial charge < -0.3 is 15.4 Å². The Hall–Kier alpha value is -0.770. The van der Waals surface area contributed by atoms with Crippen molar-refractivity contribution >= 4 is 6.09 Å². The Bertz CT molecular complexity index is 286. The lowest BCUT2D eigenvalue weighted by molar-refractivity contribution is 0.0219. The molecule has 1 atom stereocenters. The number of nitrogens with two attached hydrogens (primary N) is 1. The van der Waals surface area contributed by atoms with Crippen molar-refractivity contribution in [3.05, 3.63) is 0 Å². The second-order valence-electron chi connectivity index (χ2n) is 6.47. The molecule has 1 aliphatic rings. The third kappa shape index (κ3) is 4.84. The maximum atomic E-state index is 12.1. The zero-order valence-corrected chi connectivity index (χ0v) is 12.3. The second kappa shape index (κ2) is 5.91. The minimum Gasteiger partial charge on any atom is -0.444 e. The summed E-state index contributed by atoms with van der Waals surface area (Å²) in [5.74, 6) is 0. The van der Waals surface area contributed by atoms with Gasteiger partial charge in [-0.1, -0.05) is 13.3 Å². The fourth-order valence-corrected chi connectivity index (χ4v) is 2.50. The summed E-state index contributed by atoms with van der Waals surface area (Å²) in [6, 6.07) is 0. The Balaban J connectivity index is 2.67. The number of ether oxygens (including phenoxy) is 1. The van der Waals surface area contributed by atoms with Crippen LogP contribution in [-0.4, -0.2) is 35.2 Å². The van der Waals surface area contributed by atoms with E-state index in [4.69, 9.17) is 10.5 Å². The molecule has 1 heterocycles. The molecule has 0 aliphatic carbocycles. The summed E-state index contributed by atoms with van der Waals surface area (Å²) in [4.78, 5) is 13.9. The molecule has 0 spiro atoms. The number of hydrogen-bond donors (Lipinski definition) is 1. The van der Waals surface area contributed by atoms with Gasteiger partial charge >= 0.3 is 6.09 Å². The van der Waals surface area contributed by atoms with Crippen molar-refractivity contribution < 1.29 is 9.53 Å². The minimum absolute atomic E-state index is 0.227. The molecule has 0 aromatic rings. The molecule has 2 N–H and O–H groups in total. The Kier molecular flexibility index (Phi) is 5.02. The maximum absolute atomic E-state index is 12.1. The van der Waals surface area contributed by atoms with Crippen molar-refractivity contribution in [3.63, 3.8) is 0 Å². The molecule has 4 heteroatoms. The van der Waals surface area contributed by atoms with Gasteiger partial charge in [-0.15, -0.1) is 0 Å². The van der Waals surface area contributed by atoms with E-state index in [2.05, 4.69) is 6.92 Å².